The van der Waals surface area contributed by atoms with Crippen molar-refractivity contribution in [3.8, 4) is 66.8 Å². The summed E-state index contributed by atoms with van der Waals surface area (Å²) in [4.78, 5) is 0. The van der Waals surface area contributed by atoms with Gasteiger partial charge in [0.25, 0.3) is 0 Å². The van der Waals surface area contributed by atoms with Crippen LogP contribution in [0.1, 0.15) is 0 Å². The SMILES string of the molecule is c1ccc(-c2ccc(-c3c4ccccc4c(-c4cccc5oc6cc7ccccc7cc6c45)c4ccc(-c5ccc6cc7c(cc6c5)oc5cccc(-c6c8ccccc8c(-c8cccc9ccccc89)c8ccccc68)c57)cc34)cc2)cc1. The van der Waals surface area contributed by atoms with E-state index in [0.717, 1.165) is 71.3 Å². The number of furan rings is 2. The van der Waals surface area contributed by atoms with Crippen LogP contribution in [0.5, 0.6) is 0 Å². The van der Waals surface area contributed by atoms with E-state index in [1.807, 2.05) is 0 Å². The molecule has 0 aliphatic rings. The molecule has 388 valence electrons. The third-order valence-electron chi connectivity index (χ3n) is 18.0. The Labute approximate surface area is 483 Å². The molecule has 0 atom stereocenters. The van der Waals surface area contributed by atoms with E-state index in [2.05, 4.69) is 291 Å². The molecular formula is C82H48O2. The molecule has 0 aliphatic heterocycles. The molecule has 0 saturated heterocycles. The van der Waals surface area contributed by atoms with Crippen LogP contribution in [0.3, 0.4) is 0 Å². The van der Waals surface area contributed by atoms with Crippen molar-refractivity contribution in [1.29, 1.82) is 0 Å². The fourth-order valence-electron chi connectivity index (χ4n) is 14.2. The maximum atomic E-state index is 6.95. The maximum Gasteiger partial charge on any atom is 0.136 e. The fraction of sp³-hybridized carbons (Fsp3) is 0. The lowest BCUT2D eigenvalue weighted by Crippen LogP contribution is -1.92. The number of hydrogen-bond acceptors (Lipinski definition) is 2. The molecular weight excluding hydrogens is 1020 g/mol. The predicted octanol–water partition coefficient (Wildman–Crippen LogP) is 23.6. The monoisotopic (exact) mass is 1060 g/mol. The first-order valence-electron chi connectivity index (χ1n) is 29.0. The van der Waals surface area contributed by atoms with Gasteiger partial charge in [0.1, 0.15) is 22.3 Å². The highest BCUT2D eigenvalue weighted by atomic mass is 16.3. The maximum absolute atomic E-state index is 6.95. The van der Waals surface area contributed by atoms with Crippen molar-refractivity contribution in [2.24, 2.45) is 0 Å². The Bertz CT molecular complexity index is 5720. The van der Waals surface area contributed by atoms with E-state index < -0.39 is 0 Å². The van der Waals surface area contributed by atoms with Crippen LogP contribution >= 0.6 is 0 Å². The first kappa shape index (κ1) is 46.7. The Kier molecular flexibility index (Phi) is 10.1. The lowest BCUT2D eigenvalue weighted by atomic mass is 9.83. The lowest BCUT2D eigenvalue weighted by Gasteiger charge is -2.19. The summed E-state index contributed by atoms with van der Waals surface area (Å²) in [5.41, 5.74) is 17.8. The molecule has 0 bridgehead atoms. The first-order valence-corrected chi connectivity index (χ1v) is 29.0. The van der Waals surface area contributed by atoms with Crippen LogP contribution in [-0.2, 0) is 0 Å². The van der Waals surface area contributed by atoms with Gasteiger partial charge in [0.2, 0.25) is 0 Å². The fourth-order valence-corrected chi connectivity index (χ4v) is 14.2. The Morgan fingerprint density at radius 3 is 1.17 bits per heavy atom. The molecule has 0 spiro atoms. The molecule has 2 nitrogen and oxygen atoms in total. The summed E-state index contributed by atoms with van der Waals surface area (Å²) >= 11 is 0. The van der Waals surface area contributed by atoms with Gasteiger partial charge in [0, 0.05) is 21.5 Å². The largest absolute Gasteiger partial charge is 0.456 e. The van der Waals surface area contributed by atoms with Crippen molar-refractivity contribution in [3.05, 3.63) is 291 Å². The van der Waals surface area contributed by atoms with Gasteiger partial charge in [0.15, 0.2) is 0 Å². The lowest BCUT2D eigenvalue weighted by molar-refractivity contribution is 0.669. The van der Waals surface area contributed by atoms with Gasteiger partial charge in [-0.2, -0.15) is 0 Å². The molecule has 18 rings (SSSR count). The average Bonchev–Trinajstić information content (AvgIpc) is 1.49. The number of rotatable bonds is 6. The molecule has 0 aliphatic carbocycles. The van der Waals surface area contributed by atoms with Gasteiger partial charge in [-0.25, -0.2) is 0 Å². The third-order valence-corrected chi connectivity index (χ3v) is 18.0. The van der Waals surface area contributed by atoms with Crippen molar-refractivity contribution in [1.82, 2.24) is 0 Å². The smallest absolute Gasteiger partial charge is 0.136 e. The zero-order valence-corrected chi connectivity index (χ0v) is 45.5. The Morgan fingerprint density at radius 1 is 0.167 bits per heavy atom. The highest BCUT2D eigenvalue weighted by Crippen LogP contribution is 2.51. The van der Waals surface area contributed by atoms with Gasteiger partial charge in [-0.1, -0.05) is 243 Å². The molecule has 0 N–H and O–H groups in total. The highest BCUT2D eigenvalue weighted by Gasteiger charge is 2.24. The van der Waals surface area contributed by atoms with Crippen LogP contribution in [-0.4, -0.2) is 0 Å². The van der Waals surface area contributed by atoms with Gasteiger partial charge in [-0.05, 0) is 191 Å². The molecule has 2 heterocycles. The van der Waals surface area contributed by atoms with E-state index in [1.54, 1.807) is 0 Å². The molecule has 84 heavy (non-hydrogen) atoms. The molecule has 2 aromatic heterocycles. The predicted molar refractivity (Wildman–Crippen MR) is 356 cm³/mol. The van der Waals surface area contributed by atoms with E-state index >= 15 is 0 Å². The average molecular weight is 1070 g/mol. The van der Waals surface area contributed by atoms with Crippen LogP contribution in [0.15, 0.2) is 300 Å². The second kappa shape index (κ2) is 18.2. The normalized spacial score (nSPS) is 12.0. The van der Waals surface area contributed by atoms with Crippen LogP contribution in [0.25, 0.3) is 186 Å². The van der Waals surface area contributed by atoms with Gasteiger partial charge in [-0.3, -0.25) is 0 Å². The van der Waals surface area contributed by atoms with Crippen LogP contribution < -0.4 is 0 Å². The second-order valence-corrected chi connectivity index (χ2v) is 22.5. The van der Waals surface area contributed by atoms with Gasteiger partial charge < -0.3 is 8.83 Å². The summed E-state index contributed by atoms with van der Waals surface area (Å²) in [6.07, 6.45) is 0. The Balaban J connectivity index is 0.827. The summed E-state index contributed by atoms with van der Waals surface area (Å²) in [6, 6.07) is 107. The van der Waals surface area contributed by atoms with Crippen molar-refractivity contribution < 1.29 is 8.83 Å². The number of benzene rings is 16. The summed E-state index contributed by atoms with van der Waals surface area (Å²) < 4.78 is 13.7. The number of hydrogen-bond donors (Lipinski definition) is 0. The third kappa shape index (κ3) is 7.04. The van der Waals surface area contributed by atoms with Crippen LogP contribution in [0.2, 0.25) is 0 Å². The van der Waals surface area contributed by atoms with Gasteiger partial charge in [-0.15, -0.1) is 0 Å². The molecule has 18 aromatic rings. The van der Waals surface area contributed by atoms with E-state index in [9.17, 15) is 0 Å². The Morgan fingerprint density at radius 2 is 0.560 bits per heavy atom. The molecule has 16 aromatic carbocycles. The molecule has 0 unspecified atom stereocenters. The topological polar surface area (TPSA) is 26.3 Å². The van der Waals surface area contributed by atoms with E-state index in [-0.39, 0.29) is 0 Å². The van der Waals surface area contributed by atoms with E-state index in [0.29, 0.717) is 0 Å². The zero-order chi connectivity index (χ0) is 55.0. The van der Waals surface area contributed by atoms with Crippen molar-refractivity contribution in [2.75, 3.05) is 0 Å². The van der Waals surface area contributed by atoms with Crippen LogP contribution in [0.4, 0.5) is 0 Å². The summed E-state index contributed by atoms with van der Waals surface area (Å²) in [7, 11) is 0. The second-order valence-electron chi connectivity index (χ2n) is 22.5. The first-order chi connectivity index (χ1) is 41.6. The minimum Gasteiger partial charge on any atom is -0.456 e. The van der Waals surface area contributed by atoms with Gasteiger partial charge in [0.05, 0.1) is 0 Å². The standard InChI is InChI=1S/C82H48O2/c1-2-17-49(18-3-1)50-35-37-52(38-36-50)77-61-24-8-9-25-62(61)80(69-32-16-33-73-82(69)71-45-53-20-4-5-21-54(53)47-75(71)83-73)67-42-41-56(44-70(67)77)55-39-40-57-46-72-76(48-58(57)43-55)84-74-34-15-31-68(81(72)74)79-65-28-12-10-26-63(65)78(64-27-11-13-29-66(64)79)60-30-14-22-51-19-6-7-23-59(51)60/h1-48H. The minimum atomic E-state index is 0.868. The van der Waals surface area contributed by atoms with E-state index in [1.165, 1.54) is 115 Å². The quantitative estimate of drug-likeness (QED) is 0.155. The Hall–Kier alpha value is -11.1. The summed E-state index contributed by atoms with van der Waals surface area (Å²) in [5.74, 6) is 0. The van der Waals surface area contributed by atoms with Crippen molar-refractivity contribution >= 4 is 119 Å². The van der Waals surface area contributed by atoms with Crippen molar-refractivity contribution in [3.63, 3.8) is 0 Å². The summed E-state index contributed by atoms with van der Waals surface area (Å²) in [5, 5.41) is 21.3. The van der Waals surface area contributed by atoms with Crippen molar-refractivity contribution in [2.45, 2.75) is 0 Å². The van der Waals surface area contributed by atoms with Gasteiger partial charge >= 0.3 is 0 Å². The van der Waals surface area contributed by atoms with E-state index in [4.69, 9.17) is 8.83 Å². The van der Waals surface area contributed by atoms with Crippen LogP contribution in [0, 0.1) is 0 Å². The molecule has 0 amide bonds. The minimum absolute atomic E-state index is 0.868. The molecule has 0 radical (unpaired) electrons. The summed E-state index contributed by atoms with van der Waals surface area (Å²) in [6.45, 7) is 0. The molecule has 0 fully saturated rings. The molecule has 2 heteroatoms. The molecule has 0 saturated carbocycles. The number of fused-ring (bicyclic) bond motifs is 13. The highest BCUT2D eigenvalue weighted by molar-refractivity contribution is 6.29. The zero-order valence-electron chi connectivity index (χ0n) is 45.5.